The highest BCUT2D eigenvalue weighted by molar-refractivity contribution is 5.97. The van der Waals surface area contributed by atoms with Gasteiger partial charge in [0.25, 0.3) is 5.91 Å². The molecular weight excluding hydrogens is 278 g/mol. The molecule has 1 aliphatic rings. The minimum Gasteiger partial charge on any atom is -0.349 e. The van der Waals surface area contributed by atoms with E-state index < -0.39 is 0 Å². The van der Waals surface area contributed by atoms with E-state index in [0.29, 0.717) is 24.3 Å². The molecule has 0 saturated carbocycles. The SMILES string of the molecule is CC(=O)c1cccc(-c2cc3n(c2)C(CCN)CNC3=O)c1. The van der Waals surface area contributed by atoms with Crippen LogP contribution in [-0.2, 0) is 0 Å². The Bertz CT molecular complexity index is 733. The maximum absolute atomic E-state index is 12.0. The molecule has 2 aromatic rings. The topological polar surface area (TPSA) is 77.1 Å². The van der Waals surface area contributed by atoms with Crippen molar-refractivity contribution in [3.8, 4) is 11.1 Å². The lowest BCUT2D eigenvalue weighted by atomic mass is 10.0. The molecule has 5 nitrogen and oxygen atoms in total. The zero-order valence-corrected chi connectivity index (χ0v) is 12.5. The number of nitrogens with zero attached hydrogens (tertiary/aromatic N) is 1. The van der Waals surface area contributed by atoms with E-state index in [0.717, 1.165) is 17.5 Å². The number of benzene rings is 1. The molecule has 1 atom stereocenters. The third-order valence-electron chi connectivity index (χ3n) is 4.08. The lowest BCUT2D eigenvalue weighted by Crippen LogP contribution is -2.39. The number of Topliss-reactive ketones (excluding diaryl/α,β-unsaturated/α-hetero) is 1. The number of hydrogen-bond donors (Lipinski definition) is 2. The normalized spacial score (nSPS) is 17.0. The smallest absolute Gasteiger partial charge is 0.268 e. The number of carbonyl (C=O) groups is 2. The standard InChI is InChI=1S/C17H19N3O2/c1-11(21)12-3-2-4-13(7-12)14-8-16-17(22)19-9-15(5-6-18)20(16)10-14/h2-4,7-8,10,15H,5-6,9,18H2,1H3,(H,19,22). The molecule has 22 heavy (non-hydrogen) atoms. The summed E-state index contributed by atoms with van der Waals surface area (Å²) in [6, 6.07) is 9.52. The van der Waals surface area contributed by atoms with Crippen molar-refractivity contribution < 1.29 is 9.59 Å². The van der Waals surface area contributed by atoms with E-state index in [2.05, 4.69) is 5.32 Å². The fourth-order valence-corrected chi connectivity index (χ4v) is 2.87. The van der Waals surface area contributed by atoms with Gasteiger partial charge in [0.15, 0.2) is 5.78 Å². The van der Waals surface area contributed by atoms with Crippen molar-refractivity contribution in [1.29, 1.82) is 0 Å². The predicted molar refractivity (Wildman–Crippen MR) is 84.9 cm³/mol. The highest BCUT2D eigenvalue weighted by Gasteiger charge is 2.25. The summed E-state index contributed by atoms with van der Waals surface area (Å²) in [7, 11) is 0. The van der Waals surface area contributed by atoms with Gasteiger partial charge in [0.05, 0.1) is 6.04 Å². The minimum atomic E-state index is -0.0674. The lowest BCUT2D eigenvalue weighted by molar-refractivity contribution is 0.0913. The van der Waals surface area contributed by atoms with Gasteiger partial charge in [-0.3, -0.25) is 9.59 Å². The van der Waals surface area contributed by atoms with Crippen molar-refractivity contribution in [2.75, 3.05) is 13.1 Å². The third kappa shape index (κ3) is 2.55. The van der Waals surface area contributed by atoms with Gasteiger partial charge in [0.1, 0.15) is 5.69 Å². The van der Waals surface area contributed by atoms with Crippen molar-refractivity contribution >= 4 is 11.7 Å². The molecular formula is C17H19N3O2. The van der Waals surface area contributed by atoms with Gasteiger partial charge >= 0.3 is 0 Å². The highest BCUT2D eigenvalue weighted by atomic mass is 16.2. The third-order valence-corrected chi connectivity index (χ3v) is 4.08. The first kappa shape index (κ1) is 14.5. The van der Waals surface area contributed by atoms with Gasteiger partial charge in [-0.2, -0.15) is 0 Å². The van der Waals surface area contributed by atoms with E-state index >= 15 is 0 Å². The number of amides is 1. The van der Waals surface area contributed by atoms with Crippen molar-refractivity contribution in [3.05, 3.63) is 47.8 Å². The summed E-state index contributed by atoms with van der Waals surface area (Å²) >= 11 is 0. The average molecular weight is 297 g/mol. The van der Waals surface area contributed by atoms with Crippen LogP contribution in [0.15, 0.2) is 36.5 Å². The highest BCUT2D eigenvalue weighted by Crippen LogP contribution is 2.28. The number of nitrogens with one attached hydrogen (secondary N) is 1. The number of carbonyl (C=O) groups excluding carboxylic acids is 2. The van der Waals surface area contributed by atoms with Crippen LogP contribution in [-0.4, -0.2) is 29.3 Å². The molecule has 1 amide bonds. The van der Waals surface area contributed by atoms with Gasteiger partial charge < -0.3 is 15.6 Å². The fourth-order valence-electron chi connectivity index (χ4n) is 2.87. The molecule has 0 bridgehead atoms. The molecule has 1 unspecified atom stereocenters. The molecule has 1 aliphatic heterocycles. The Morgan fingerprint density at radius 3 is 2.91 bits per heavy atom. The number of hydrogen-bond acceptors (Lipinski definition) is 3. The van der Waals surface area contributed by atoms with Crippen molar-refractivity contribution in [3.63, 3.8) is 0 Å². The van der Waals surface area contributed by atoms with Crippen LogP contribution in [0.3, 0.4) is 0 Å². The summed E-state index contributed by atoms with van der Waals surface area (Å²) in [6.45, 7) is 2.73. The van der Waals surface area contributed by atoms with E-state index in [-0.39, 0.29) is 17.7 Å². The van der Waals surface area contributed by atoms with Gasteiger partial charge in [-0.1, -0.05) is 18.2 Å². The number of nitrogens with two attached hydrogens (primary N) is 1. The van der Waals surface area contributed by atoms with E-state index in [1.165, 1.54) is 0 Å². The molecule has 3 rings (SSSR count). The van der Waals surface area contributed by atoms with Crippen LogP contribution in [0.1, 0.15) is 40.2 Å². The van der Waals surface area contributed by atoms with Crippen molar-refractivity contribution in [2.45, 2.75) is 19.4 Å². The van der Waals surface area contributed by atoms with E-state index in [9.17, 15) is 9.59 Å². The van der Waals surface area contributed by atoms with Gasteiger partial charge in [-0.05, 0) is 37.6 Å². The molecule has 0 aliphatic carbocycles. The number of ketones is 1. The zero-order chi connectivity index (χ0) is 15.7. The summed E-state index contributed by atoms with van der Waals surface area (Å²) in [5.74, 6) is -0.0354. The first-order chi connectivity index (χ1) is 10.6. The quantitative estimate of drug-likeness (QED) is 0.847. The van der Waals surface area contributed by atoms with Gasteiger partial charge in [-0.15, -0.1) is 0 Å². The van der Waals surface area contributed by atoms with Crippen LogP contribution in [0, 0.1) is 0 Å². The van der Waals surface area contributed by atoms with Crippen LogP contribution in [0.4, 0.5) is 0 Å². The summed E-state index contributed by atoms with van der Waals surface area (Å²) < 4.78 is 2.00. The summed E-state index contributed by atoms with van der Waals surface area (Å²) in [4.78, 5) is 23.6. The molecule has 1 aromatic carbocycles. The Hall–Kier alpha value is -2.40. The van der Waals surface area contributed by atoms with Crippen LogP contribution < -0.4 is 11.1 Å². The zero-order valence-electron chi connectivity index (χ0n) is 12.5. The van der Waals surface area contributed by atoms with Gasteiger partial charge in [0, 0.05) is 23.9 Å². The van der Waals surface area contributed by atoms with Gasteiger partial charge in [0.2, 0.25) is 0 Å². The Balaban J connectivity index is 2.03. The molecule has 114 valence electrons. The van der Waals surface area contributed by atoms with Gasteiger partial charge in [-0.25, -0.2) is 0 Å². The fraction of sp³-hybridized carbons (Fsp3) is 0.294. The molecule has 0 fully saturated rings. The average Bonchev–Trinajstić information content (AvgIpc) is 2.97. The largest absolute Gasteiger partial charge is 0.349 e. The number of rotatable bonds is 4. The molecule has 3 N–H and O–H groups in total. The second kappa shape index (κ2) is 5.77. The van der Waals surface area contributed by atoms with Crippen LogP contribution in [0.2, 0.25) is 0 Å². The lowest BCUT2D eigenvalue weighted by Gasteiger charge is -2.25. The van der Waals surface area contributed by atoms with Crippen LogP contribution in [0.5, 0.6) is 0 Å². The minimum absolute atomic E-state index is 0.0320. The predicted octanol–water partition coefficient (Wildman–Crippen LogP) is 1.99. The van der Waals surface area contributed by atoms with Crippen molar-refractivity contribution in [1.82, 2.24) is 9.88 Å². The summed E-state index contributed by atoms with van der Waals surface area (Å²) in [5.41, 5.74) is 8.86. The molecule has 5 heteroatoms. The Morgan fingerprint density at radius 2 is 2.18 bits per heavy atom. The first-order valence-electron chi connectivity index (χ1n) is 7.41. The molecule has 0 radical (unpaired) electrons. The molecule has 2 heterocycles. The maximum Gasteiger partial charge on any atom is 0.268 e. The van der Waals surface area contributed by atoms with Crippen molar-refractivity contribution in [2.24, 2.45) is 5.73 Å². The van der Waals surface area contributed by atoms with E-state index in [1.54, 1.807) is 13.0 Å². The van der Waals surface area contributed by atoms with Crippen LogP contribution >= 0.6 is 0 Å². The molecule has 0 spiro atoms. The molecule has 1 aromatic heterocycles. The second-order valence-electron chi connectivity index (χ2n) is 5.60. The maximum atomic E-state index is 12.0. The first-order valence-corrected chi connectivity index (χ1v) is 7.41. The second-order valence-corrected chi connectivity index (χ2v) is 5.60. The Kier molecular flexibility index (Phi) is 3.81. The van der Waals surface area contributed by atoms with Crippen LogP contribution in [0.25, 0.3) is 11.1 Å². The summed E-state index contributed by atoms with van der Waals surface area (Å²) in [5, 5.41) is 2.90. The Labute approximate surface area is 129 Å². The Morgan fingerprint density at radius 1 is 1.36 bits per heavy atom. The number of aromatic nitrogens is 1. The summed E-state index contributed by atoms with van der Waals surface area (Å²) in [6.07, 6.45) is 2.79. The van der Waals surface area contributed by atoms with E-state index in [4.69, 9.17) is 5.73 Å². The molecule has 0 saturated heterocycles. The monoisotopic (exact) mass is 297 g/mol. The number of fused-ring (bicyclic) bond motifs is 1. The van der Waals surface area contributed by atoms with E-state index in [1.807, 2.05) is 35.0 Å².